The topological polar surface area (TPSA) is 38.6 Å². The molecular formula is C5H4BrNO2. The van der Waals surface area contributed by atoms with E-state index in [-0.39, 0.29) is 6.10 Å². The fraction of sp³-hybridized carbons (Fsp3) is 0.400. The highest BCUT2D eigenvalue weighted by Crippen LogP contribution is 2.30. The van der Waals surface area contributed by atoms with Crippen LogP contribution in [-0.4, -0.2) is 11.8 Å². The van der Waals surface area contributed by atoms with Crippen molar-refractivity contribution in [2.75, 3.05) is 6.61 Å². The molecule has 2 heterocycles. The van der Waals surface area contributed by atoms with E-state index in [0.29, 0.717) is 0 Å². The largest absolute Gasteiger partial charge is 0.365 e. The molecule has 0 aromatic carbocycles. The van der Waals surface area contributed by atoms with Gasteiger partial charge in [-0.1, -0.05) is 5.16 Å². The SMILES string of the molecule is Brc1cc(C2CO2)on1. The molecule has 0 radical (unpaired) electrons. The summed E-state index contributed by atoms with van der Waals surface area (Å²) in [5, 5.41) is 3.64. The molecule has 0 saturated carbocycles. The van der Waals surface area contributed by atoms with Gasteiger partial charge in [-0.15, -0.1) is 0 Å². The van der Waals surface area contributed by atoms with Gasteiger partial charge in [0.05, 0.1) is 6.61 Å². The Balaban J connectivity index is 2.28. The van der Waals surface area contributed by atoms with E-state index in [9.17, 15) is 0 Å². The Labute approximate surface area is 60.1 Å². The predicted octanol–water partition coefficient (Wildman–Crippen LogP) is 1.51. The number of rotatable bonds is 1. The maximum absolute atomic E-state index is 4.95. The van der Waals surface area contributed by atoms with Crippen LogP contribution < -0.4 is 0 Å². The summed E-state index contributed by atoms with van der Waals surface area (Å²) in [6.45, 7) is 0.766. The van der Waals surface area contributed by atoms with E-state index in [1.807, 2.05) is 6.07 Å². The fourth-order valence-corrected chi connectivity index (χ4v) is 0.929. The monoisotopic (exact) mass is 189 g/mol. The number of hydrogen-bond donors (Lipinski definition) is 0. The third-order valence-corrected chi connectivity index (χ3v) is 1.52. The van der Waals surface area contributed by atoms with Gasteiger partial charge >= 0.3 is 0 Å². The Morgan fingerprint density at radius 1 is 1.78 bits per heavy atom. The number of aromatic nitrogens is 1. The molecule has 0 amide bonds. The van der Waals surface area contributed by atoms with Crippen LogP contribution in [0.1, 0.15) is 11.9 Å². The van der Waals surface area contributed by atoms with E-state index in [2.05, 4.69) is 21.1 Å². The highest BCUT2D eigenvalue weighted by Gasteiger charge is 2.28. The van der Waals surface area contributed by atoms with Crippen molar-refractivity contribution < 1.29 is 9.26 Å². The first-order valence-electron chi connectivity index (χ1n) is 2.60. The van der Waals surface area contributed by atoms with Crippen LogP contribution in [0, 0.1) is 0 Å². The van der Waals surface area contributed by atoms with Gasteiger partial charge in [-0.25, -0.2) is 0 Å². The summed E-state index contributed by atoms with van der Waals surface area (Å²) in [5.41, 5.74) is 0. The molecule has 1 aromatic rings. The molecule has 1 aromatic heterocycles. The number of hydrogen-bond acceptors (Lipinski definition) is 3. The number of ether oxygens (including phenoxy) is 1. The summed E-state index contributed by atoms with van der Waals surface area (Å²) in [5.74, 6) is 0.807. The zero-order valence-electron chi connectivity index (χ0n) is 4.50. The second-order valence-corrected chi connectivity index (χ2v) is 2.69. The Morgan fingerprint density at radius 3 is 3.00 bits per heavy atom. The molecule has 1 aliphatic heterocycles. The summed E-state index contributed by atoms with van der Waals surface area (Å²) in [7, 11) is 0. The van der Waals surface area contributed by atoms with Crippen LogP contribution in [0.3, 0.4) is 0 Å². The third kappa shape index (κ3) is 0.997. The molecule has 4 heteroatoms. The van der Waals surface area contributed by atoms with Crippen LogP contribution in [-0.2, 0) is 4.74 Å². The van der Waals surface area contributed by atoms with Gasteiger partial charge in [0.25, 0.3) is 0 Å². The number of halogens is 1. The molecule has 0 bridgehead atoms. The Hall–Kier alpha value is -0.350. The highest BCUT2D eigenvalue weighted by atomic mass is 79.9. The van der Waals surface area contributed by atoms with Crippen molar-refractivity contribution in [2.24, 2.45) is 0 Å². The van der Waals surface area contributed by atoms with Gasteiger partial charge in [-0.05, 0) is 15.9 Å². The van der Waals surface area contributed by atoms with Gasteiger partial charge in [0.15, 0.2) is 5.76 Å². The molecule has 0 spiro atoms. The summed E-state index contributed by atoms with van der Waals surface area (Å²) in [4.78, 5) is 0. The van der Waals surface area contributed by atoms with Crippen molar-refractivity contribution in [1.82, 2.24) is 5.16 Å². The second kappa shape index (κ2) is 1.82. The first-order valence-corrected chi connectivity index (χ1v) is 3.39. The number of nitrogens with zero attached hydrogens (tertiary/aromatic N) is 1. The summed E-state index contributed by atoms with van der Waals surface area (Å²) >= 11 is 3.17. The summed E-state index contributed by atoms with van der Waals surface area (Å²) in [6.07, 6.45) is 0.170. The van der Waals surface area contributed by atoms with Crippen LogP contribution >= 0.6 is 15.9 Å². The normalized spacial score (nSPS) is 24.3. The molecule has 1 atom stereocenters. The predicted molar refractivity (Wildman–Crippen MR) is 32.9 cm³/mol. The van der Waals surface area contributed by atoms with Crippen molar-refractivity contribution in [3.8, 4) is 0 Å². The van der Waals surface area contributed by atoms with Crippen molar-refractivity contribution in [1.29, 1.82) is 0 Å². The minimum absolute atomic E-state index is 0.170. The van der Waals surface area contributed by atoms with Gasteiger partial charge < -0.3 is 9.26 Å². The molecule has 0 N–H and O–H groups in total. The van der Waals surface area contributed by atoms with Crippen LogP contribution in [0.15, 0.2) is 15.2 Å². The van der Waals surface area contributed by atoms with Crippen molar-refractivity contribution in [3.63, 3.8) is 0 Å². The molecule has 1 fully saturated rings. The molecule has 3 nitrogen and oxygen atoms in total. The zero-order valence-corrected chi connectivity index (χ0v) is 6.09. The van der Waals surface area contributed by atoms with Crippen molar-refractivity contribution in [3.05, 3.63) is 16.4 Å². The lowest BCUT2D eigenvalue weighted by Gasteiger charge is -1.76. The quantitative estimate of drug-likeness (QED) is 0.630. The van der Waals surface area contributed by atoms with Crippen molar-refractivity contribution in [2.45, 2.75) is 6.10 Å². The molecule has 0 aliphatic carbocycles. The van der Waals surface area contributed by atoms with Gasteiger partial charge in [-0.2, -0.15) is 0 Å². The Morgan fingerprint density at radius 2 is 2.56 bits per heavy atom. The van der Waals surface area contributed by atoms with E-state index in [1.165, 1.54) is 0 Å². The van der Waals surface area contributed by atoms with Gasteiger partial charge in [0.1, 0.15) is 10.7 Å². The minimum atomic E-state index is 0.170. The van der Waals surface area contributed by atoms with E-state index in [4.69, 9.17) is 9.26 Å². The summed E-state index contributed by atoms with van der Waals surface area (Å²) in [6, 6.07) is 1.82. The van der Waals surface area contributed by atoms with Crippen LogP contribution in [0.25, 0.3) is 0 Å². The third-order valence-electron chi connectivity index (χ3n) is 1.15. The zero-order chi connectivity index (χ0) is 6.27. The van der Waals surface area contributed by atoms with Crippen LogP contribution in [0.4, 0.5) is 0 Å². The minimum Gasteiger partial charge on any atom is -0.365 e. The highest BCUT2D eigenvalue weighted by molar-refractivity contribution is 9.10. The lowest BCUT2D eigenvalue weighted by molar-refractivity contribution is 0.324. The Kier molecular flexibility index (Phi) is 1.10. The van der Waals surface area contributed by atoms with Gasteiger partial charge in [-0.3, -0.25) is 0 Å². The maximum Gasteiger partial charge on any atom is 0.169 e. The number of epoxide rings is 1. The average molecular weight is 190 g/mol. The summed E-state index contributed by atoms with van der Waals surface area (Å²) < 4.78 is 10.5. The van der Waals surface area contributed by atoms with E-state index in [1.54, 1.807) is 0 Å². The smallest absolute Gasteiger partial charge is 0.169 e. The molecule has 9 heavy (non-hydrogen) atoms. The van der Waals surface area contributed by atoms with Gasteiger partial charge in [0.2, 0.25) is 0 Å². The molecule has 2 rings (SSSR count). The van der Waals surface area contributed by atoms with Crippen LogP contribution in [0.5, 0.6) is 0 Å². The first-order chi connectivity index (χ1) is 4.36. The lowest BCUT2D eigenvalue weighted by Crippen LogP contribution is -1.69. The molecular weight excluding hydrogens is 186 g/mol. The average Bonchev–Trinajstić information content (AvgIpc) is 2.58. The molecule has 1 saturated heterocycles. The molecule has 1 unspecified atom stereocenters. The maximum atomic E-state index is 4.95. The van der Waals surface area contributed by atoms with Crippen LogP contribution in [0.2, 0.25) is 0 Å². The lowest BCUT2D eigenvalue weighted by atomic mass is 10.4. The van der Waals surface area contributed by atoms with E-state index in [0.717, 1.165) is 17.0 Å². The van der Waals surface area contributed by atoms with Gasteiger partial charge in [0, 0.05) is 6.07 Å². The van der Waals surface area contributed by atoms with E-state index >= 15 is 0 Å². The molecule has 1 aliphatic rings. The standard InChI is InChI=1S/C5H4BrNO2/c6-5-1-3(9-7-5)4-2-8-4/h1,4H,2H2. The molecule has 48 valence electrons. The Bertz CT molecular complexity index is 218. The first kappa shape index (κ1) is 5.44. The fourth-order valence-electron chi connectivity index (χ4n) is 0.631. The second-order valence-electron chi connectivity index (χ2n) is 1.87. The van der Waals surface area contributed by atoms with E-state index < -0.39 is 0 Å². The van der Waals surface area contributed by atoms with Crippen molar-refractivity contribution >= 4 is 15.9 Å².